The lowest BCUT2D eigenvalue weighted by atomic mass is 9.71. The van der Waals surface area contributed by atoms with E-state index in [2.05, 4.69) is 25.8 Å². The average Bonchev–Trinajstić information content (AvgIpc) is 2.79. The number of aldehydes is 1. The monoisotopic (exact) mass is 253 g/mol. The number of rotatable bonds is 4. The third-order valence-corrected chi connectivity index (χ3v) is 4.99. The van der Waals surface area contributed by atoms with Crippen LogP contribution in [0.5, 0.6) is 0 Å². The maximum atomic E-state index is 11.6. The minimum absolute atomic E-state index is 0.0937. The Morgan fingerprint density at radius 1 is 1.28 bits per heavy atom. The molecule has 1 saturated carbocycles. The van der Waals surface area contributed by atoms with E-state index in [9.17, 15) is 4.79 Å². The molecule has 0 aromatic heterocycles. The summed E-state index contributed by atoms with van der Waals surface area (Å²) in [7, 11) is 2.15. The molecule has 3 nitrogen and oxygen atoms in total. The first kappa shape index (κ1) is 14.0. The van der Waals surface area contributed by atoms with E-state index in [0.29, 0.717) is 12.1 Å². The Balaban J connectivity index is 1.95. The van der Waals surface area contributed by atoms with Crippen LogP contribution in [0.25, 0.3) is 0 Å². The summed E-state index contributed by atoms with van der Waals surface area (Å²) in [5.74, 6) is 0.789. The van der Waals surface area contributed by atoms with Crippen LogP contribution in [0.4, 0.5) is 0 Å². The average molecular weight is 253 g/mol. The molecule has 0 spiro atoms. The van der Waals surface area contributed by atoms with Crippen LogP contribution < -0.4 is 0 Å². The van der Waals surface area contributed by atoms with Gasteiger partial charge in [-0.05, 0) is 52.0 Å². The highest BCUT2D eigenvalue weighted by atomic mass is 16.5. The standard InChI is InChI=1S/C15H27NO2/c1-12-4-7-15(11-17,8-5-12)10-16(3)14-6-9-18-13(14)2/h11-14H,4-10H2,1-3H3. The molecule has 0 radical (unpaired) electrons. The molecule has 2 atom stereocenters. The van der Waals surface area contributed by atoms with Crippen LogP contribution in [0.15, 0.2) is 0 Å². The summed E-state index contributed by atoms with van der Waals surface area (Å²) >= 11 is 0. The van der Waals surface area contributed by atoms with E-state index in [-0.39, 0.29) is 5.41 Å². The van der Waals surface area contributed by atoms with Gasteiger partial charge in [0.05, 0.1) is 6.10 Å². The molecular formula is C15H27NO2. The Labute approximate surface area is 111 Å². The van der Waals surface area contributed by atoms with Crippen molar-refractivity contribution >= 4 is 6.29 Å². The lowest BCUT2D eigenvalue weighted by Crippen LogP contribution is -2.46. The molecule has 104 valence electrons. The van der Waals surface area contributed by atoms with Crippen LogP contribution in [0, 0.1) is 11.3 Å². The van der Waals surface area contributed by atoms with E-state index in [4.69, 9.17) is 4.74 Å². The number of carbonyl (C=O) groups is 1. The van der Waals surface area contributed by atoms with E-state index in [0.717, 1.165) is 38.3 Å². The van der Waals surface area contributed by atoms with Crippen molar-refractivity contribution in [3.63, 3.8) is 0 Å². The summed E-state index contributed by atoms with van der Waals surface area (Å²) in [4.78, 5) is 13.9. The third-order valence-electron chi connectivity index (χ3n) is 4.99. The molecule has 18 heavy (non-hydrogen) atoms. The second-order valence-corrected chi connectivity index (χ2v) is 6.51. The molecule has 1 aliphatic carbocycles. The molecule has 1 aliphatic heterocycles. The summed E-state index contributed by atoms with van der Waals surface area (Å²) in [6.07, 6.45) is 7.15. The molecule has 2 fully saturated rings. The fourth-order valence-electron chi connectivity index (χ4n) is 3.56. The van der Waals surface area contributed by atoms with Gasteiger partial charge in [-0.3, -0.25) is 4.90 Å². The lowest BCUT2D eigenvalue weighted by Gasteiger charge is -2.40. The highest BCUT2D eigenvalue weighted by Crippen LogP contribution is 2.38. The Kier molecular flexibility index (Phi) is 4.44. The van der Waals surface area contributed by atoms with Gasteiger partial charge in [-0.1, -0.05) is 6.92 Å². The summed E-state index contributed by atoms with van der Waals surface area (Å²) in [5, 5.41) is 0. The number of hydrogen-bond donors (Lipinski definition) is 0. The van der Waals surface area contributed by atoms with Crippen molar-refractivity contribution < 1.29 is 9.53 Å². The number of carbonyl (C=O) groups excluding carboxylic acids is 1. The van der Waals surface area contributed by atoms with Gasteiger partial charge in [-0.2, -0.15) is 0 Å². The van der Waals surface area contributed by atoms with E-state index in [1.165, 1.54) is 19.1 Å². The van der Waals surface area contributed by atoms with E-state index in [1.54, 1.807) is 0 Å². The van der Waals surface area contributed by atoms with Gasteiger partial charge in [0.15, 0.2) is 0 Å². The molecule has 2 rings (SSSR count). The molecule has 0 amide bonds. The second kappa shape index (κ2) is 5.70. The Morgan fingerprint density at radius 3 is 2.44 bits per heavy atom. The summed E-state index contributed by atoms with van der Waals surface area (Å²) in [6, 6.07) is 0.487. The number of likely N-dealkylation sites (N-methyl/N-ethyl adjacent to an activating group) is 1. The fraction of sp³-hybridized carbons (Fsp3) is 0.933. The highest BCUT2D eigenvalue weighted by Gasteiger charge is 2.38. The second-order valence-electron chi connectivity index (χ2n) is 6.51. The minimum atomic E-state index is -0.0937. The predicted octanol–water partition coefficient (Wildman–Crippen LogP) is 2.49. The van der Waals surface area contributed by atoms with Crippen LogP contribution >= 0.6 is 0 Å². The molecule has 2 unspecified atom stereocenters. The van der Waals surface area contributed by atoms with Gasteiger partial charge in [0.1, 0.15) is 6.29 Å². The smallest absolute Gasteiger partial charge is 0.127 e. The molecule has 2 aliphatic rings. The molecule has 1 saturated heterocycles. The molecule has 0 bridgehead atoms. The van der Waals surface area contributed by atoms with Crippen molar-refractivity contribution in [2.75, 3.05) is 20.2 Å². The number of ether oxygens (including phenoxy) is 1. The zero-order valence-corrected chi connectivity index (χ0v) is 12.0. The van der Waals surface area contributed by atoms with Crippen LogP contribution in [0.3, 0.4) is 0 Å². The van der Waals surface area contributed by atoms with Gasteiger partial charge >= 0.3 is 0 Å². The van der Waals surface area contributed by atoms with Crippen molar-refractivity contribution in [3.05, 3.63) is 0 Å². The van der Waals surface area contributed by atoms with Gasteiger partial charge in [-0.25, -0.2) is 0 Å². The normalized spacial score (nSPS) is 41.2. The summed E-state index contributed by atoms with van der Waals surface area (Å²) in [5.41, 5.74) is -0.0937. The Hall–Kier alpha value is -0.410. The maximum Gasteiger partial charge on any atom is 0.127 e. The minimum Gasteiger partial charge on any atom is -0.377 e. The van der Waals surface area contributed by atoms with E-state index in [1.807, 2.05) is 0 Å². The van der Waals surface area contributed by atoms with Gasteiger partial charge in [0.2, 0.25) is 0 Å². The fourth-order valence-corrected chi connectivity index (χ4v) is 3.56. The van der Waals surface area contributed by atoms with Gasteiger partial charge in [0.25, 0.3) is 0 Å². The lowest BCUT2D eigenvalue weighted by molar-refractivity contribution is -0.120. The molecular weight excluding hydrogens is 226 g/mol. The SMILES string of the molecule is CC1CCC(C=O)(CN(C)C2CCOC2C)CC1. The van der Waals surface area contributed by atoms with Gasteiger partial charge < -0.3 is 9.53 Å². The van der Waals surface area contributed by atoms with Crippen molar-refractivity contribution in [1.82, 2.24) is 4.90 Å². The van der Waals surface area contributed by atoms with Crippen molar-refractivity contribution in [2.45, 2.75) is 58.1 Å². The van der Waals surface area contributed by atoms with Crippen LogP contribution in [-0.2, 0) is 9.53 Å². The number of hydrogen-bond acceptors (Lipinski definition) is 3. The van der Waals surface area contributed by atoms with Crippen LogP contribution in [0.1, 0.15) is 46.0 Å². The first-order valence-corrected chi connectivity index (χ1v) is 7.34. The van der Waals surface area contributed by atoms with E-state index < -0.39 is 0 Å². The topological polar surface area (TPSA) is 29.5 Å². The molecule has 0 aromatic rings. The van der Waals surface area contributed by atoms with Crippen LogP contribution in [-0.4, -0.2) is 43.5 Å². The Bertz CT molecular complexity index is 284. The first-order valence-electron chi connectivity index (χ1n) is 7.34. The predicted molar refractivity (Wildman–Crippen MR) is 72.6 cm³/mol. The quantitative estimate of drug-likeness (QED) is 0.721. The Morgan fingerprint density at radius 2 is 1.94 bits per heavy atom. The molecule has 0 aromatic carbocycles. The highest BCUT2D eigenvalue weighted by molar-refractivity contribution is 5.60. The zero-order valence-electron chi connectivity index (χ0n) is 12.0. The summed E-state index contributed by atoms with van der Waals surface area (Å²) in [6.45, 7) is 6.21. The van der Waals surface area contributed by atoms with Crippen LogP contribution in [0.2, 0.25) is 0 Å². The van der Waals surface area contributed by atoms with Crippen molar-refractivity contribution in [3.8, 4) is 0 Å². The number of nitrogens with zero attached hydrogens (tertiary/aromatic N) is 1. The molecule has 3 heteroatoms. The molecule has 0 N–H and O–H groups in total. The van der Waals surface area contributed by atoms with Gasteiger partial charge in [-0.15, -0.1) is 0 Å². The largest absolute Gasteiger partial charge is 0.377 e. The van der Waals surface area contributed by atoms with Crippen molar-refractivity contribution in [1.29, 1.82) is 0 Å². The zero-order chi connectivity index (χ0) is 13.2. The first-order chi connectivity index (χ1) is 8.56. The van der Waals surface area contributed by atoms with Gasteiger partial charge in [0, 0.05) is 24.6 Å². The summed E-state index contributed by atoms with van der Waals surface area (Å²) < 4.78 is 5.63. The van der Waals surface area contributed by atoms with Crippen molar-refractivity contribution in [2.24, 2.45) is 11.3 Å². The third kappa shape index (κ3) is 2.94. The molecule has 1 heterocycles. The maximum absolute atomic E-state index is 11.6. The van der Waals surface area contributed by atoms with E-state index >= 15 is 0 Å².